The summed E-state index contributed by atoms with van der Waals surface area (Å²) in [6.07, 6.45) is 8.57. The van der Waals surface area contributed by atoms with E-state index in [1.165, 1.54) is 0 Å². The van der Waals surface area contributed by atoms with Crippen molar-refractivity contribution >= 4 is 16.9 Å². The van der Waals surface area contributed by atoms with Crippen LogP contribution in [0.15, 0.2) is 34.5 Å². The van der Waals surface area contributed by atoms with Gasteiger partial charge in [-0.3, -0.25) is 4.79 Å². The minimum Gasteiger partial charge on any atom is -0.354 e. The second-order valence-corrected chi connectivity index (χ2v) is 6.26. The molecular formula is C19H23N5O. The zero-order valence-corrected chi connectivity index (χ0v) is 14.5. The Hall–Kier alpha value is -2.68. The molecule has 3 rings (SSSR count). The first-order valence-corrected chi connectivity index (χ1v) is 8.76. The summed E-state index contributed by atoms with van der Waals surface area (Å²) in [6.45, 7) is 3.39. The normalized spacial score (nSPS) is 14.4. The van der Waals surface area contributed by atoms with E-state index in [2.05, 4.69) is 44.0 Å². The average Bonchev–Trinajstić information content (AvgIpc) is 3.32. The van der Waals surface area contributed by atoms with E-state index in [4.69, 9.17) is 6.42 Å². The van der Waals surface area contributed by atoms with E-state index >= 15 is 0 Å². The summed E-state index contributed by atoms with van der Waals surface area (Å²) >= 11 is 0. The minimum atomic E-state index is -0.389. The molecule has 0 fully saturated rings. The Bertz CT molecular complexity index is 824. The van der Waals surface area contributed by atoms with Crippen LogP contribution < -0.4 is 5.32 Å². The highest BCUT2D eigenvalue weighted by Gasteiger charge is 2.39. The second-order valence-electron chi connectivity index (χ2n) is 6.26. The predicted molar refractivity (Wildman–Crippen MR) is 97.0 cm³/mol. The summed E-state index contributed by atoms with van der Waals surface area (Å²) in [6, 6.07) is 8.08. The van der Waals surface area contributed by atoms with Crippen LogP contribution in [-0.4, -0.2) is 27.7 Å². The number of amides is 1. The van der Waals surface area contributed by atoms with E-state index in [1.54, 1.807) is 0 Å². The number of carbonyl (C=O) groups excluding carboxylic acids is 1. The lowest BCUT2D eigenvalue weighted by molar-refractivity contribution is -0.121. The van der Waals surface area contributed by atoms with Crippen molar-refractivity contribution in [2.45, 2.75) is 51.2 Å². The van der Waals surface area contributed by atoms with Crippen LogP contribution in [0.2, 0.25) is 0 Å². The smallest absolute Gasteiger partial charge is 0.220 e. The molecule has 0 saturated heterocycles. The number of nitrogens with zero attached hydrogens (tertiary/aromatic N) is 4. The molecular weight excluding hydrogens is 314 g/mol. The molecule has 1 aliphatic heterocycles. The van der Waals surface area contributed by atoms with Crippen LogP contribution in [0.1, 0.15) is 38.4 Å². The molecule has 130 valence electrons. The Morgan fingerprint density at radius 2 is 2.12 bits per heavy atom. The Labute approximate surface area is 147 Å². The summed E-state index contributed by atoms with van der Waals surface area (Å²) in [4.78, 5) is 16.7. The maximum absolute atomic E-state index is 12.1. The average molecular weight is 337 g/mol. The fraction of sp³-hybridized carbons (Fsp3) is 0.474. The van der Waals surface area contributed by atoms with Gasteiger partial charge in [-0.2, -0.15) is 10.2 Å². The molecule has 1 N–H and O–H groups in total. The first-order valence-electron chi connectivity index (χ1n) is 8.76. The second kappa shape index (κ2) is 7.47. The largest absolute Gasteiger partial charge is 0.354 e. The van der Waals surface area contributed by atoms with Gasteiger partial charge >= 0.3 is 0 Å². The van der Waals surface area contributed by atoms with E-state index in [1.807, 2.05) is 18.2 Å². The molecule has 0 saturated carbocycles. The van der Waals surface area contributed by atoms with Gasteiger partial charge in [0.1, 0.15) is 5.82 Å². The third-order valence-electron chi connectivity index (χ3n) is 4.51. The van der Waals surface area contributed by atoms with Crippen molar-refractivity contribution in [1.29, 1.82) is 0 Å². The highest BCUT2D eigenvalue weighted by atomic mass is 16.1. The van der Waals surface area contributed by atoms with Gasteiger partial charge in [-0.25, -0.2) is 4.98 Å². The molecule has 6 heteroatoms. The summed E-state index contributed by atoms with van der Waals surface area (Å²) in [7, 11) is 0. The lowest BCUT2D eigenvalue weighted by Gasteiger charge is -2.11. The number of terminal acetylenes is 1. The molecule has 1 aromatic carbocycles. The topological polar surface area (TPSA) is 71.6 Å². The summed E-state index contributed by atoms with van der Waals surface area (Å²) in [5, 5.41) is 11.1. The van der Waals surface area contributed by atoms with E-state index in [0.717, 1.165) is 29.7 Å². The highest BCUT2D eigenvalue weighted by molar-refractivity contribution is 5.77. The first kappa shape index (κ1) is 17.2. The molecule has 1 aromatic heterocycles. The number of hydrogen-bond acceptors (Lipinski definition) is 4. The van der Waals surface area contributed by atoms with Crippen molar-refractivity contribution in [2.75, 3.05) is 6.54 Å². The number of aryl methyl sites for hydroxylation is 1. The maximum Gasteiger partial charge on any atom is 0.220 e. The van der Waals surface area contributed by atoms with Gasteiger partial charge in [0.05, 0.1) is 11.0 Å². The van der Waals surface area contributed by atoms with Crippen molar-refractivity contribution in [2.24, 2.45) is 10.2 Å². The Balaban J connectivity index is 1.48. The van der Waals surface area contributed by atoms with Crippen LogP contribution in [0.4, 0.5) is 0 Å². The fourth-order valence-corrected chi connectivity index (χ4v) is 3.02. The lowest BCUT2D eigenvalue weighted by Crippen LogP contribution is -2.28. The van der Waals surface area contributed by atoms with Gasteiger partial charge in [-0.1, -0.05) is 19.1 Å². The number of nitrogens with one attached hydrogen (secondary N) is 1. The van der Waals surface area contributed by atoms with E-state index in [9.17, 15) is 4.79 Å². The van der Waals surface area contributed by atoms with Crippen molar-refractivity contribution in [1.82, 2.24) is 14.9 Å². The molecule has 0 bridgehead atoms. The van der Waals surface area contributed by atoms with Crippen LogP contribution in [-0.2, 0) is 17.8 Å². The van der Waals surface area contributed by atoms with Gasteiger partial charge in [0.15, 0.2) is 5.66 Å². The fourth-order valence-electron chi connectivity index (χ4n) is 3.02. The van der Waals surface area contributed by atoms with Crippen molar-refractivity contribution < 1.29 is 4.79 Å². The summed E-state index contributed by atoms with van der Waals surface area (Å²) in [5.74, 6) is 3.67. The Morgan fingerprint density at radius 3 is 2.84 bits per heavy atom. The number of rotatable bonds is 9. The van der Waals surface area contributed by atoms with Gasteiger partial charge in [-0.15, -0.1) is 12.3 Å². The van der Waals surface area contributed by atoms with Gasteiger partial charge in [0.2, 0.25) is 5.91 Å². The SMILES string of the molecule is C#CCCC1(CCC(=O)NCCn2c(CC)nc3ccccc32)N=N1. The zero-order chi connectivity index (χ0) is 17.7. The summed E-state index contributed by atoms with van der Waals surface area (Å²) < 4.78 is 2.18. The summed E-state index contributed by atoms with van der Waals surface area (Å²) in [5.41, 5.74) is 1.72. The van der Waals surface area contributed by atoms with Crippen LogP contribution in [0.5, 0.6) is 0 Å². The lowest BCUT2D eigenvalue weighted by atomic mass is 10.0. The molecule has 25 heavy (non-hydrogen) atoms. The molecule has 0 aliphatic carbocycles. The van der Waals surface area contributed by atoms with Gasteiger partial charge in [0.25, 0.3) is 0 Å². The van der Waals surface area contributed by atoms with Gasteiger partial charge < -0.3 is 9.88 Å². The molecule has 0 spiro atoms. The number of carbonyl (C=O) groups is 1. The number of imidazole rings is 1. The van der Waals surface area contributed by atoms with Crippen LogP contribution in [0.3, 0.4) is 0 Å². The van der Waals surface area contributed by atoms with Crippen molar-refractivity contribution in [3.05, 3.63) is 30.1 Å². The first-order chi connectivity index (χ1) is 12.2. The number of para-hydroxylation sites is 2. The van der Waals surface area contributed by atoms with Gasteiger partial charge in [0, 0.05) is 45.2 Å². The maximum atomic E-state index is 12.1. The Kier molecular flexibility index (Phi) is 5.13. The number of hydrogen-bond donors (Lipinski definition) is 1. The van der Waals surface area contributed by atoms with E-state index < -0.39 is 0 Å². The highest BCUT2D eigenvalue weighted by Crippen LogP contribution is 2.37. The minimum absolute atomic E-state index is 0.0276. The molecule has 0 radical (unpaired) electrons. The molecule has 0 unspecified atom stereocenters. The van der Waals surface area contributed by atoms with Crippen LogP contribution in [0.25, 0.3) is 11.0 Å². The molecule has 0 atom stereocenters. The third-order valence-corrected chi connectivity index (χ3v) is 4.51. The molecule has 1 amide bonds. The van der Waals surface area contributed by atoms with Crippen molar-refractivity contribution in [3.63, 3.8) is 0 Å². The quantitative estimate of drug-likeness (QED) is 0.714. The monoisotopic (exact) mass is 337 g/mol. The molecule has 2 heterocycles. The zero-order valence-electron chi connectivity index (χ0n) is 14.5. The van der Waals surface area contributed by atoms with Gasteiger partial charge in [-0.05, 0) is 12.1 Å². The van der Waals surface area contributed by atoms with E-state index in [0.29, 0.717) is 32.4 Å². The Morgan fingerprint density at radius 1 is 1.32 bits per heavy atom. The van der Waals surface area contributed by atoms with Crippen LogP contribution in [0, 0.1) is 12.3 Å². The predicted octanol–water partition coefficient (Wildman–Crippen LogP) is 3.07. The number of aromatic nitrogens is 2. The number of fused-ring (bicyclic) bond motifs is 1. The molecule has 6 nitrogen and oxygen atoms in total. The van der Waals surface area contributed by atoms with Crippen molar-refractivity contribution in [3.8, 4) is 12.3 Å². The number of benzene rings is 1. The molecule has 1 aliphatic rings. The van der Waals surface area contributed by atoms with E-state index in [-0.39, 0.29) is 11.6 Å². The molecule has 2 aromatic rings. The van der Waals surface area contributed by atoms with Crippen LogP contribution >= 0.6 is 0 Å². The third kappa shape index (κ3) is 4.05. The standard InChI is InChI=1S/C19H23N5O/c1-3-5-11-19(22-23-19)12-10-18(25)20-13-14-24-16-9-7-6-8-15(16)21-17(24)4-2/h1,6-9H,4-5,10-14H2,2H3,(H,20,25).